The summed E-state index contributed by atoms with van der Waals surface area (Å²) in [7, 11) is 0. The van der Waals surface area contributed by atoms with E-state index in [0.717, 1.165) is 13.1 Å². The molecule has 9 heavy (non-hydrogen) atoms. The average Bonchev–Trinajstić information content (AvgIpc) is 2.19. The van der Waals surface area contributed by atoms with Crippen LogP contribution >= 0.6 is 0 Å². The van der Waals surface area contributed by atoms with Crippen molar-refractivity contribution >= 4 is 6.34 Å². The predicted octanol–water partition coefficient (Wildman–Crippen LogP) is -3.80. The van der Waals surface area contributed by atoms with Gasteiger partial charge in [-0.25, -0.2) is 0 Å². The Balaban J connectivity index is 0.000000640. The van der Waals surface area contributed by atoms with E-state index in [1.807, 2.05) is 4.90 Å². The van der Waals surface area contributed by atoms with Crippen molar-refractivity contribution in [2.75, 3.05) is 26.2 Å². The molecule has 0 spiro atoms. The van der Waals surface area contributed by atoms with Crippen molar-refractivity contribution in [2.24, 2.45) is 4.99 Å². The minimum atomic E-state index is 0. The minimum absolute atomic E-state index is 0. The van der Waals surface area contributed by atoms with Crippen LogP contribution in [-0.2, 0) is 0 Å². The summed E-state index contributed by atoms with van der Waals surface area (Å²) in [5.74, 6) is 0. The Hall–Kier alpha value is -0.370. The largest absolute Gasteiger partial charge is 1.00 e. The van der Waals surface area contributed by atoms with Crippen LogP contribution in [0.5, 0.6) is 0 Å². The number of halogens is 1. The number of rotatable bonds is 2. The maximum absolute atomic E-state index is 8.40. The minimum Gasteiger partial charge on any atom is -1.00 e. The highest BCUT2D eigenvalue weighted by Gasteiger charge is 2.18. The Bertz CT molecular complexity index is 97.0. The lowest BCUT2D eigenvalue weighted by Gasteiger charge is -1.95. The maximum atomic E-state index is 8.40. The van der Waals surface area contributed by atoms with Crippen molar-refractivity contribution < 1.29 is 17.5 Å². The molecule has 0 aliphatic carbocycles. The Morgan fingerprint density at radius 3 is 2.89 bits per heavy atom. The first-order valence-corrected chi connectivity index (χ1v) is 2.71. The van der Waals surface area contributed by atoms with Gasteiger partial charge in [0.05, 0.1) is 19.7 Å². The van der Waals surface area contributed by atoms with Gasteiger partial charge in [0, 0.05) is 0 Å². The third-order valence-corrected chi connectivity index (χ3v) is 1.06. The zero-order valence-electron chi connectivity index (χ0n) is 5.05. The van der Waals surface area contributed by atoms with Crippen molar-refractivity contribution in [3.63, 3.8) is 0 Å². The first kappa shape index (κ1) is 8.63. The molecule has 1 N–H and O–H groups in total. The molecular formula is C5H9ClN2O. The molecule has 52 valence electrons. The molecule has 1 aliphatic heterocycles. The van der Waals surface area contributed by atoms with Crippen LogP contribution in [0.3, 0.4) is 0 Å². The summed E-state index contributed by atoms with van der Waals surface area (Å²) in [6.45, 7) is 2.62. The number of hydrogen-bond donors (Lipinski definition) is 1. The summed E-state index contributed by atoms with van der Waals surface area (Å²) >= 11 is 0. The van der Waals surface area contributed by atoms with Gasteiger partial charge < -0.3 is 17.5 Å². The van der Waals surface area contributed by atoms with Gasteiger partial charge in [-0.15, -0.1) is 4.90 Å². The average molecular weight is 149 g/mol. The number of aliphatic imine (C=N–C) groups is 1. The topological polar surface area (TPSA) is 35.8 Å². The SMILES string of the molecule is OCCN1[C+]=NCC1.[Cl-]. The van der Waals surface area contributed by atoms with Gasteiger partial charge in [-0.3, -0.25) is 0 Å². The first-order chi connectivity index (χ1) is 3.93. The molecule has 4 heteroatoms. The normalized spacial score (nSPS) is 15.0. The third-order valence-electron chi connectivity index (χ3n) is 1.06. The smallest absolute Gasteiger partial charge is 0.517 e. The zero-order valence-corrected chi connectivity index (χ0v) is 5.80. The second kappa shape index (κ2) is 4.50. The molecule has 0 fully saturated rings. The fourth-order valence-corrected chi connectivity index (χ4v) is 0.653. The summed E-state index contributed by atoms with van der Waals surface area (Å²) in [6.07, 6.45) is 2.76. The molecule has 1 heterocycles. The van der Waals surface area contributed by atoms with E-state index in [0.29, 0.717) is 6.54 Å². The monoisotopic (exact) mass is 148 g/mol. The van der Waals surface area contributed by atoms with Gasteiger partial charge in [-0.1, -0.05) is 0 Å². The van der Waals surface area contributed by atoms with Crippen LogP contribution in [0.2, 0.25) is 0 Å². The maximum Gasteiger partial charge on any atom is 0.517 e. The molecule has 1 rings (SSSR count). The Morgan fingerprint density at radius 1 is 1.67 bits per heavy atom. The molecule has 0 saturated heterocycles. The van der Waals surface area contributed by atoms with Crippen LogP contribution in [0.25, 0.3) is 0 Å². The number of aliphatic hydroxyl groups is 1. The van der Waals surface area contributed by atoms with Gasteiger partial charge in [0.1, 0.15) is 6.54 Å². The summed E-state index contributed by atoms with van der Waals surface area (Å²) < 4.78 is 0. The lowest BCUT2D eigenvalue weighted by atomic mass is 10.5. The quantitative estimate of drug-likeness (QED) is 0.408. The van der Waals surface area contributed by atoms with E-state index < -0.39 is 0 Å². The Labute approximate surface area is 60.8 Å². The lowest BCUT2D eigenvalue weighted by Crippen LogP contribution is -3.00. The van der Waals surface area contributed by atoms with Crippen molar-refractivity contribution in [1.29, 1.82) is 0 Å². The van der Waals surface area contributed by atoms with Crippen molar-refractivity contribution in [3.8, 4) is 0 Å². The summed E-state index contributed by atoms with van der Waals surface area (Å²) in [5, 5.41) is 8.40. The molecule has 0 aromatic rings. The van der Waals surface area contributed by atoms with Crippen LogP contribution in [0.15, 0.2) is 4.99 Å². The van der Waals surface area contributed by atoms with Crippen molar-refractivity contribution in [3.05, 3.63) is 0 Å². The lowest BCUT2D eigenvalue weighted by molar-refractivity contribution is -0.00000277. The van der Waals surface area contributed by atoms with E-state index in [1.54, 1.807) is 0 Å². The van der Waals surface area contributed by atoms with Crippen LogP contribution in [0.4, 0.5) is 0 Å². The third kappa shape index (κ3) is 2.61. The molecule has 0 aromatic carbocycles. The molecule has 0 atom stereocenters. The van der Waals surface area contributed by atoms with E-state index in [4.69, 9.17) is 5.11 Å². The van der Waals surface area contributed by atoms with Crippen LogP contribution in [-0.4, -0.2) is 42.6 Å². The highest BCUT2D eigenvalue weighted by molar-refractivity contribution is 5.56. The van der Waals surface area contributed by atoms with Gasteiger partial charge in [0.25, 0.3) is 0 Å². The van der Waals surface area contributed by atoms with E-state index in [1.165, 1.54) is 0 Å². The number of hydrogen-bond acceptors (Lipinski definition) is 3. The van der Waals surface area contributed by atoms with Gasteiger partial charge >= 0.3 is 6.34 Å². The van der Waals surface area contributed by atoms with Crippen LogP contribution < -0.4 is 12.4 Å². The molecule has 0 bridgehead atoms. The van der Waals surface area contributed by atoms with E-state index in [9.17, 15) is 0 Å². The highest BCUT2D eigenvalue weighted by atomic mass is 35.5. The highest BCUT2D eigenvalue weighted by Crippen LogP contribution is 1.89. The first-order valence-electron chi connectivity index (χ1n) is 2.71. The van der Waals surface area contributed by atoms with Crippen LogP contribution in [0.1, 0.15) is 0 Å². The van der Waals surface area contributed by atoms with Crippen molar-refractivity contribution in [1.82, 2.24) is 4.90 Å². The zero-order chi connectivity index (χ0) is 5.82. The number of β-amino-alcohol motifs (C(OH)–C–C–N with tert-alkyl or cyclic N) is 1. The predicted molar refractivity (Wildman–Crippen MR) is 31.0 cm³/mol. The van der Waals surface area contributed by atoms with Gasteiger partial charge in [-0.05, 0) is 4.99 Å². The van der Waals surface area contributed by atoms with E-state index in [-0.39, 0.29) is 19.0 Å². The Kier molecular flexibility index (Phi) is 4.32. The molecule has 0 saturated carbocycles. The van der Waals surface area contributed by atoms with Crippen LogP contribution in [0, 0.1) is 0 Å². The Morgan fingerprint density at radius 2 is 2.44 bits per heavy atom. The second-order valence-corrected chi connectivity index (χ2v) is 1.69. The van der Waals surface area contributed by atoms with Gasteiger partial charge in [-0.2, -0.15) is 0 Å². The molecule has 1 aliphatic rings. The second-order valence-electron chi connectivity index (χ2n) is 1.69. The number of nitrogens with zero attached hydrogens (tertiary/aromatic N) is 2. The van der Waals surface area contributed by atoms with Crippen molar-refractivity contribution in [2.45, 2.75) is 0 Å². The molecule has 0 amide bonds. The summed E-state index contributed by atoms with van der Waals surface area (Å²) in [6, 6.07) is 0. The molecular weight excluding hydrogens is 140 g/mol. The van der Waals surface area contributed by atoms with E-state index >= 15 is 0 Å². The molecule has 3 nitrogen and oxygen atoms in total. The molecule has 0 radical (unpaired) electrons. The fraction of sp³-hybridized carbons (Fsp3) is 0.800. The van der Waals surface area contributed by atoms with Gasteiger partial charge in [0.15, 0.2) is 0 Å². The number of aliphatic hydroxyl groups excluding tert-OH is 1. The molecule has 0 unspecified atom stereocenters. The standard InChI is InChI=1S/C5H9N2O.ClH/c8-4-3-7-2-1-6-5-7;/h8H,1-4H2;1H/q+1;/p-1. The summed E-state index contributed by atoms with van der Waals surface area (Å²) in [5.41, 5.74) is 0. The van der Waals surface area contributed by atoms with E-state index in [2.05, 4.69) is 11.3 Å². The van der Waals surface area contributed by atoms with Gasteiger partial charge in [0.2, 0.25) is 0 Å². The fourth-order valence-electron chi connectivity index (χ4n) is 0.653. The molecule has 0 aromatic heterocycles. The summed E-state index contributed by atoms with van der Waals surface area (Å²) in [4.78, 5) is 5.72.